The summed E-state index contributed by atoms with van der Waals surface area (Å²) in [5.41, 5.74) is 10.5. The molecule has 0 amide bonds. The number of nitrogens with zero attached hydrogens (tertiary/aromatic N) is 2. The van der Waals surface area contributed by atoms with Crippen molar-refractivity contribution in [2.75, 3.05) is 17.2 Å². The Morgan fingerprint density at radius 3 is 3.00 bits per heavy atom. The highest BCUT2D eigenvalue weighted by molar-refractivity contribution is 7.18. The highest BCUT2D eigenvalue weighted by Gasteiger charge is 2.20. The topological polar surface area (TPSA) is 42.1 Å². The Kier molecular flexibility index (Phi) is 2.63. The van der Waals surface area contributed by atoms with Crippen LogP contribution in [0.2, 0.25) is 0 Å². The van der Waals surface area contributed by atoms with E-state index in [1.807, 2.05) is 12.1 Å². The van der Waals surface area contributed by atoms with E-state index in [1.54, 1.807) is 11.3 Å². The summed E-state index contributed by atoms with van der Waals surface area (Å²) in [6, 6.07) is 14.5. The fraction of sp³-hybridized carbons (Fsp3) is 0.188. The standard InChI is InChI=1S/C16H15N3S/c17-12-5-6-14-11(9-12)7-8-19(14)10-16-18-13-3-1-2-4-15(13)20-16/h1-6,9H,7-8,10,17H2. The Labute approximate surface area is 121 Å². The van der Waals surface area contributed by atoms with Crippen molar-refractivity contribution in [2.45, 2.75) is 13.0 Å². The van der Waals surface area contributed by atoms with Crippen LogP contribution in [0.3, 0.4) is 0 Å². The van der Waals surface area contributed by atoms with Crippen molar-refractivity contribution in [3.05, 3.63) is 53.0 Å². The van der Waals surface area contributed by atoms with Gasteiger partial charge in [-0.25, -0.2) is 4.98 Å². The van der Waals surface area contributed by atoms with Gasteiger partial charge in [0, 0.05) is 17.9 Å². The predicted molar refractivity (Wildman–Crippen MR) is 85.2 cm³/mol. The molecule has 2 heterocycles. The Morgan fingerprint density at radius 1 is 1.20 bits per heavy atom. The highest BCUT2D eigenvalue weighted by Crippen LogP contribution is 2.32. The lowest BCUT2D eigenvalue weighted by Crippen LogP contribution is -2.19. The molecule has 1 aliphatic heterocycles. The van der Waals surface area contributed by atoms with E-state index in [2.05, 4.69) is 35.2 Å². The molecule has 0 spiro atoms. The van der Waals surface area contributed by atoms with Gasteiger partial charge < -0.3 is 10.6 Å². The second-order valence-corrected chi connectivity index (χ2v) is 6.25. The molecule has 1 aromatic heterocycles. The second-order valence-electron chi connectivity index (χ2n) is 5.14. The molecule has 4 rings (SSSR count). The number of fused-ring (bicyclic) bond motifs is 2. The molecule has 0 aliphatic carbocycles. The van der Waals surface area contributed by atoms with E-state index in [1.165, 1.54) is 21.0 Å². The number of rotatable bonds is 2. The van der Waals surface area contributed by atoms with Crippen LogP contribution in [0.5, 0.6) is 0 Å². The maximum Gasteiger partial charge on any atom is 0.113 e. The largest absolute Gasteiger partial charge is 0.399 e. The van der Waals surface area contributed by atoms with Gasteiger partial charge in [-0.05, 0) is 42.3 Å². The lowest BCUT2D eigenvalue weighted by molar-refractivity contribution is 0.832. The molecule has 20 heavy (non-hydrogen) atoms. The van der Waals surface area contributed by atoms with Crippen LogP contribution in [-0.4, -0.2) is 11.5 Å². The SMILES string of the molecule is Nc1ccc2c(c1)CCN2Cc1nc2ccccc2s1. The van der Waals surface area contributed by atoms with Gasteiger partial charge in [0.1, 0.15) is 5.01 Å². The van der Waals surface area contributed by atoms with Crippen LogP contribution in [-0.2, 0) is 13.0 Å². The molecule has 0 fully saturated rings. The monoisotopic (exact) mass is 281 g/mol. The Bertz CT molecular complexity index is 745. The quantitative estimate of drug-likeness (QED) is 0.732. The predicted octanol–water partition coefficient (Wildman–Crippen LogP) is 3.44. The van der Waals surface area contributed by atoms with Gasteiger partial charge in [-0.2, -0.15) is 0 Å². The number of nitrogens with two attached hydrogens (primary N) is 1. The molecule has 0 saturated heterocycles. The van der Waals surface area contributed by atoms with Gasteiger partial charge >= 0.3 is 0 Å². The molecule has 0 bridgehead atoms. The van der Waals surface area contributed by atoms with Crippen LogP contribution in [0.15, 0.2) is 42.5 Å². The van der Waals surface area contributed by atoms with Gasteiger partial charge in [0.15, 0.2) is 0 Å². The fourth-order valence-electron chi connectivity index (χ4n) is 2.81. The normalized spacial score (nSPS) is 13.9. The number of benzene rings is 2. The highest BCUT2D eigenvalue weighted by atomic mass is 32.1. The molecule has 0 unspecified atom stereocenters. The number of hydrogen-bond donors (Lipinski definition) is 1. The smallest absolute Gasteiger partial charge is 0.113 e. The van der Waals surface area contributed by atoms with E-state index in [0.717, 1.165) is 30.7 Å². The number of aromatic nitrogens is 1. The van der Waals surface area contributed by atoms with Crippen molar-refractivity contribution in [3.63, 3.8) is 0 Å². The number of hydrogen-bond acceptors (Lipinski definition) is 4. The summed E-state index contributed by atoms with van der Waals surface area (Å²) in [7, 11) is 0. The van der Waals surface area contributed by atoms with Gasteiger partial charge in [-0.15, -0.1) is 11.3 Å². The van der Waals surface area contributed by atoms with Crippen LogP contribution in [0.1, 0.15) is 10.6 Å². The summed E-state index contributed by atoms with van der Waals surface area (Å²) < 4.78 is 1.26. The third kappa shape index (κ3) is 1.93. The average molecular weight is 281 g/mol. The first-order valence-corrected chi connectivity index (χ1v) is 7.59. The van der Waals surface area contributed by atoms with Crippen molar-refractivity contribution in [1.29, 1.82) is 0 Å². The Balaban J connectivity index is 1.64. The minimum Gasteiger partial charge on any atom is -0.399 e. The first-order valence-electron chi connectivity index (χ1n) is 6.77. The average Bonchev–Trinajstić information content (AvgIpc) is 3.02. The summed E-state index contributed by atoms with van der Waals surface area (Å²) in [6.07, 6.45) is 1.07. The van der Waals surface area contributed by atoms with Crippen molar-refractivity contribution < 1.29 is 0 Å². The first kappa shape index (κ1) is 11.7. The fourth-order valence-corrected chi connectivity index (χ4v) is 3.79. The lowest BCUT2D eigenvalue weighted by atomic mass is 10.1. The molecule has 3 nitrogen and oxygen atoms in total. The van der Waals surface area contributed by atoms with Gasteiger partial charge in [-0.1, -0.05) is 12.1 Å². The molecule has 2 N–H and O–H groups in total. The number of thiazole rings is 1. The van der Waals surface area contributed by atoms with E-state index < -0.39 is 0 Å². The number of anilines is 2. The van der Waals surface area contributed by atoms with Crippen LogP contribution in [0.25, 0.3) is 10.2 Å². The molecular formula is C16H15N3S. The summed E-state index contributed by atoms with van der Waals surface area (Å²) >= 11 is 1.78. The molecule has 2 aromatic carbocycles. The molecule has 0 radical (unpaired) electrons. The van der Waals surface area contributed by atoms with Gasteiger partial charge in [0.2, 0.25) is 0 Å². The first-order chi connectivity index (χ1) is 9.79. The van der Waals surface area contributed by atoms with E-state index in [4.69, 9.17) is 10.7 Å². The van der Waals surface area contributed by atoms with E-state index in [-0.39, 0.29) is 0 Å². The second kappa shape index (κ2) is 4.49. The number of nitrogen functional groups attached to an aromatic ring is 1. The summed E-state index contributed by atoms with van der Waals surface area (Å²) in [5.74, 6) is 0. The van der Waals surface area contributed by atoms with Gasteiger partial charge in [0.05, 0.1) is 16.8 Å². The zero-order chi connectivity index (χ0) is 13.5. The molecule has 0 saturated carbocycles. The zero-order valence-electron chi connectivity index (χ0n) is 11.0. The minimum absolute atomic E-state index is 0.852. The van der Waals surface area contributed by atoms with Crippen molar-refractivity contribution in [2.24, 2.45) is 0 Å². The van der Waals surface area contributed by atoms with Gasteiger partial charge in [-0.3, -0.25) is 0 Å². The summed E-state index contributed by atoms with van der Waals surface area (Å²) in [4.78, 5) is 7.11. The molecular weight excluding hydrogens is 266 g/mol. The van der Waals surface area contributed by atoms with Crippen LogP contribution in [0, 0.1) is 0 Å². The third-order valence-corrected chi connectivity index (χ3v) is 4.78. The molecule has 3 aromatic rings. The Hall–Kier alpha value is -2.07. The summed E-state index contributed by atoms with van der Waals surface area (Å²) in [6.45, 7) is 1.94. The summed E-state index contributed by atoms with van der Waals surface area (Å²) in [5, 5.41) is 1.18. The Morgan fingerprint density at radius 2 is 2.10 bits per heavy atom. The van der Waals surface area contributed by atoms with E-state index in [0.29, 0.717) is 0 Å². The van der Waals surface area contributed by atoms with Crippen LogP contribution in [0.4, 0.5) is 11.4 Å². The maximum absolute atomic E-state index is 5.85. The molecule has 4 heteroatoms. The lowest BCUT2D eigenvalue weighted by Gasteiger charge is -2.17. The van der Waals surface area contributed by atoms with Crippen molar-refractivity contribution in [1.82, 2.24) is 4.98 Å². The maximum atomic E-state index is 5.85. The third-order valence-electron chi connectivity index (χ3n) is 3.76. The minimum atomic E-state index is 0.852. The van der Waals surface area contributed by atoms with Gasteiger partial charge in [0.25, 0.3) is 0 Å². The zero-order valence-corrected chi connectivity index (χ0v) is 11.9. The van der Waals surface area contributed by atoms with E-state index in [9.17, 15) is 0 Å². The van der Waals surface area contributed by atoms with E-state index >= 15 is 0 Å². The molecule has 1 aliphatic rings. The van der Waals surface area contributed by atoms with Crippen molar-refractivity contribution >= 4 is 32.9 Å². The molecule has 0 atom stereocenters. The molecule has 100 valence electrons. The van der Waals surface area contributed by atoms with Crippen molar-refractivity contribution in [3.8, 4) is 0 Å². The van der Waals surface area contributed by atoms with Crippen LogP contribution < -0.4 is 10.6 Å². The number of para-hydroxylation sites is 1. The van der Waals surface area contributed by atoms with Crippen LogP contribution >= 0.6 is 11.3 Å².